The van der Waals surface area contributed by atoms with Gasteiger partial charge in [-0.1, -0.05) is 30.3 Å². The Morgan fingerprint density at radius 2 is 1.76 bits per heavy atom. The van der Waals surface area contributed by atoms with E-state index < -0.39 is 0 Å². The third-order valence-electron chi connectivity index (χ3n) is 3.17. The Bertz CT molecular complexity index is 596. The van der Waals surface area contributed by atoms with Crippen LogP contribution in [0.25, 0.3) is 0 Å². The van der Waals surface area contributed by atoms with Gasteiger partial charge in [0, 0.05) is 6.21 Å². The predicted octanol–water partition coefficient (Wildman–Crippen LogP) is 2.86. The second kappa shape index (κ2) is 7.45. The lowest BCUT2D eigenvalue weighted by atomic mass is 10.1. The summed E-state index contributed by atoms with van der Waals surface area (Å²) in [7, 11) is 3.20. The minimum absolute atomic E-state index is 0.0339. The van der Waals surface area contributed by atoms with Gasteiger partial charge in [0.1, 0.15) is 0 Å². The molecule has 0 unspecified atom stereocenters. The highest BCUT2D eigenvalue weighted by molar-refractivity contribution is 5.81. The summed E-state index contributed by atoms with van der Waals surface area (Å²) in [6.07, 6.45) is 1.73. The third-order valence-corrected chi connectivity index (χ3v) is 3.17. The van der Waals surface area contributed by atoms with E-state index in [1.54, 1.807) is 20.4 Å². The molecule has 0 heterocycles. The van der Waals surface area contributed by atoms with Crippen molar-refractivity contribution in [1.82, 2.24) is 0 Å². The molecule has 0 aliphatic carbocycles. The summed E-state index contributed by atoms with van der Waals surface area (Å²) in [5.41, 5.74) is 1.87. The van der Waals surface area contributed by atoms with E-state index in [2.05, 4.69) is 4.99 Å². The van der Waals surface area contributed by atoms with Crippen LogP contribution in [-0.4, -0.2) is 32.1 Å². The second-order valence-electron chi connectivity index (χ2n) is 4.50. The van der Waals surface area contributed by atoms with Crippen molar-refractivity contribution >= 4 is 6.21 Å². The highest BCUT2D eigenvalue weighted by atomic mass is 16.5. The zero-order valence-electron chi connectivity index (χ0n) is 12.2. The topological polar surface area (TPSA) is 51.0 Å². The van der Waals surface area contributed by atoms with Crippen LogP contribution in [0.1, 0.15) is 17.2 Å². The smallest absolute Gasteiger partial charge is 0.161 e. The molecule has 0 aliphatic heterocycles. The van der Waals surface area contributed by atoms with Crippen molar-refractivity contribution < 1.29 is 14.6 Å². The van der Waals surface area contributed by atoms with Gasteiger partial charge >= 0.3 is 0 Å². The minimum atomic E-state index is -0.265. The van der Waals surface area contributed by atoms with Gasteiger partial charge in [-0.05, 0) is 29.3 Å². The standard InChI is InChI=1S/C17H19NO3/c1-20-16-9-8-13(10-17(16)21-2)11-18-15(12-19)14-6-4-3-5-7-14/h3-11,15,19H,12H2,1-2H3/t15-/m1/s1. The molecule has 0 amide bonds. The Labute approximate surface area is 124 Å². The zero-order valence-corrected chi connectivity index (χ0v) is 12.2. The van der Waals surface area contributed by atoms with Crippen LogP contribution in [-0.2, 0) is 0 Å². The maximum absolute atomic E-state index is 9.48. The molecule has 1 N–H and O–H groups in total. The quantitative estimate of drug-likeness (QED) is 0.830. The molecule has 2 aromatic carbocycles. The normalized spacial score (nSPS) is 12.3. The molecule has 21 heavy (non-hydrogen) atoms. The van der Waals surface area contributed by atoms with Crippen LogP contribution in [0.2, 0.25) is 0 Å². The van der Waals surface area contributed by atoms with E-state index in [1.165, 1.54) is 0 Å². The maximum atomic E-state index is 9.48. The Balaban J connectivity index is 2.20. The van der Waals surface area contributed by atoms with Gasteiger partial charge in [0.2, 0.25) is 0 Å². The van der Waals surface area contributed by atoms with Gasteiger partial charge in [-0.15, -0.1) is 0 Å². The second-order valence-corrected chi connectivity index (χ2v) is 4.50. The Kier molecular flexibility index (Phi) is 5.35. The number of nitrogens with zero attached hydrogens (tertiary/aromatic N) is 1. The fourth-order valence-electron chi connectivity index (χ4n) is 2.02. The number of ether oxygens (including phenoxy) is 2. The summed E-state index contributed by atoms with van der Waals surface area (Å²) in [6, 6.07) is 15.0. The Morgan fingerprint density at radius 1 is 1.05 bits per heavy atom. The first kappa shape index (κ1) is 15.1. The minimum Gasteiger partial charge on any atom is -0.493 e. The number of methoxy groups -OCH3 is 2. The number of hydrogen-bond donors (Lipinski definition) is 1. The number of benzene rings is 2. The summed E-state index contributed by atoms with van der Waals surface area (Å²) in [4.78, 5) is 4.44. The number of hydrogen-bond acceptors (Lipinski definition) is 4. The van der Waals surface area contributed by atoms with Crippen molar-refractivity contribution in [3.05, 3.63) is 59.7 Å². The van der Waals surface area contributed by atoms with E-state index >= 15 is 0 Å². The van der Waals surface area contributed by atoms with E-state index in [1.807, 2.05) is 48.5 Å². The molecular weight excluding hydrogens is 266 g/mol. The average Bonchev–Trinajstić information content (AvgIpc) is 2.56. The SMILES string of the molecule is COc1ccc(C=N[C@H](CO)c2ccccc2)cc1OC. The van der Waals surface area contributed by atoms with Gasteiger partial charge in [-0.3, -0.25) is 4.99 Å². The molecule has 4 nitrogen and oxygen atoms in total. The van der Waals surface area contributed by atoms with E-state index in [0.717, 1.165) is 11.1 Å². The predicted molar refractivity (Wildman–Crippen MR) is 83.4 cm³/mol. The molecular formula is C17H19NO3. The van der Waals surface area contributed by atoms with Gasteiger partial charge < -0.3 is 14.6 Å². The number of aliphatic hydroxyl groups is 1. The van der Waals surface area contributed by atoms with Crippen LogP contribution in [0.5, 0.6) is 11.5 Å². The van der Waals surface area contributed by atoms with Crippen molar-refractivity contribution in [3.63, 3.8) is 0 Å². The fraction of sp³-hybridized carbons (Fsp3) is 0.235. The molecule has 2 aromatic rings. The van der Waals surface area contributed by atoms with Crippen molar-refractivity contribution in [2.24, 2.45) is 4.99 Å². The van der Waals surface area contributed by atoms with Crippen LogP contribution in [0.3, 0.4) is 0 Å². The lowest BCUT2D eigenvalue weighted by Gasteiger charge is -2.10. The monoisotopic (exact) mass is 285 g/mol. The molecule has 4 heteroatoms. The fourth-order valence-corrected chi connectivity index (χ4v) is 2.02. The van der Waals surface area contributed by atoms with Gasteiger partial charge in [0.15, 0.2) is 11.5 Å². The first-order chi connectivity index (χ1) is 10.3. The molecule has 0 aliphatic rings. The van der Waals surface area contributed by atoms with Gasteiger partial charge in [-0.2, -0.15) is 0 Å². The van der Waals surface area contributed by atoms with Gasteiger partial charge in [0.05, 0.1) is 26.9 Å². The number of aliphatic imine (C=N–C) groups is 1. The highest BCUT2D eigenvalue weighted by Gasteiger charge is 2.07. The molecule has 1 atom stereocenters. The van der Waals surface area contributed by atoms with E-state index in [4.69, 9.17) is 9.47 Å². The Morgan fingerprint density at radius 3 is 2.38 bits per heavy atom. The number of aliphatic hydroxyl groups excluding tert-OH is 1. The summed E-state index contributed by atoms with van der Waals surface area (Å²) in [6.45, 7) is -0.0339. The maximum Gasteiger partial charge on any atom is 0.161 e. The molecule has 0 bridgehead atoms. The summed E-state index contributed by atoms with van der Waals surface area (Å²) in [5, 5.41) is 9.48. The van der Waals surface area contributed by atoms with Gasteiger partial charge in [0.25, 0.3) is 0 Å². The molecule has 110 valence electrons. The zero-order chi connectivity index (χ0) is 15.1. The van der Waals surface area contributed by atoms with E-state index in [9.17, 15) is 5.11 Å². The van der Waals surface area contributed by atoms with Crippen molar-refractivity contribution in [3.8, 4) is 11.5 Å². The van der Waals surface area contributed by atoms with Crippen LogP contribution in [0, 0.1) is 0 Å². The van der Waals surface area contributed by atoms with Crippen LogP contribution < -0.4 is 9.47 Å². The Hall–Kier alpha value is -2.33. The molecule has 0 radical (unpaired) electrons. The molecule has 0 fully saturated rings. The lowest BCUT2D eigenvalue weighted by molar-refractivity contribution is 0.269. The molecule has 0 saturated heterocycles. The molecule has 0 aromatic heterocycles. The molecule has 0 saturated carbocycles. The summed E-state index contributed by atoms with van der Waals surface area (Å²) >= 11 is 0. The van der Waals surface area contributed by atoms with Crippen molar-refractivity contribution in [1.29, 1.82) is 0 Å². The van der Waals surface area contributed by atoms with Gasteiger partial charge in [-0.25, -0.2) is 0 Å². The van der Waals surface area contributed by atoms with E-state index in [-0.39, 0.29) is 12.6 Å². The number of rotatable bonds is 6. The molecule has 0 spiro atoms. The molecule has 2 rings (SSSR count). The highest BCUT2D eigenvalue weighted by Crippen LogP contribution is 2.27. The summed E-state index contributed by atoms with van der Waals surface area (Å²) in [5.74, 6) is 1.33. The third kappa shape index (κ3) is 3.83. The van der Waals surface area contributed by atoms with Crippen LogP contribution >= 0.6 is 0 Å². The average molecular weight is 285 g/mol. The van der Waals surface area contributed by atoms with Crippen molar-refractivity contribution in [2.45, 2.75) is 6.04 Å². The summed E-state index contributed by atoms with van der Waals surface area (Å²) < 4.78 is 10.5. The first-order valence-corrected chi connectivity index (χ1v) is 6.69. The largest absolute Gasteiger partial charge is 0.493 e. The van der Waals surface area contributed by atoms with Crippen molar-refractivity contribution in [2.75, 3.05) is 20.8 Å². The van der Waals surface area contributed by atoms with E-state index in [0.29, 0.717) is 11.5 Å². The first-order valence-electron chi connectivity index (χ1n) is 6.69. The van der Waals surface area contributed by atoms with Crippen LogP contribution in [0.4, 0.5) is 0 Å². The van der Waals surface area contributed by atoms with Crippen LogP contribution in [0.15, 0.2) is 53.5 Å². The lowest BCUT2D eigenvalue weighted by Crippen LogP contribution is -2.01.